The summed E-state index contributed by atoms with van der Waals surface area (Å²) >= 11 is 5.96. The lowest BCUT2D eigenvalue weighted by Gasteiger charge is -2.09. The van der Waals surface area contributed by atoms with Gasteiger partial charge in [-0.3, -0.25) is 9.48 Å². The fraction of sp³-hybridized carbons (Fsp3) is 0.273. The van der Waals surface area contributed by atoms with E-state index in [0.717, 1.165) is 29.9 Å². The Morgan fingerprint density at radius 1 is 1.14 bits per heavy atom. The summed E-state index contributed by atoms with van der Waals surface area (Å²) in [6, 6.07) is 16.8. The first kappa shape index (κ1) is 20.0. The maximum Gasteiger partial charge on any atom is 0.251 e. The van der Waals surface area contributed by atoms with Crippen molar-refractivity contribution < 1.29 is 9.53 Å². The molecule has 1 amide bonds. The average molecular weight is 398 g/mol. The number of aryl methyl sites for hydroxylation is 3. The molecule has 3 rings (SSSR count). The van der Waals surface area contributed by atoms with Crippen LogP contribution in [0.1, 0.15) is 33.7 Å². The molecule has 0 atom stereocenters. The van der Waals surface area contributed by atoms with Gasteiger partial charge in [-0.2, -0.15) is 5.10 Å². The van der Waals surface area contributed by atoms with Gasteiger partial charge in [-0.15, -0.1) is 0 Å². The Hall–Kier alpha value is -2.79. The Balaban J connectivity index is 1.48. The summed E-state index contributed by atoms with van der Waals surface area (Å²) in [4.78, 5) is 12.4. The van der Waals surface area contributed by atoms with Gasteiger partial charge >= 0.3 is 0 Å². The Kier molecular flexibility index (Phi) is 6.71. The number of halogens is 1. The quantitative estimate of drug-likeness (QED) is 0.567. The van der Waals surface area contributed by atoms with E-state index >= 15 is 0 Å². The van der Waals surface area contributed by atoms with Gasteiger partial charge < -0.3 is 10.1 Å². The van der Waals surface area contributed by atoms with Crippen LogP contribution in [0.5, 0.6) is 5.75 Å². The number of carbonyl (C=O) groups excluding carboxylic acids is 1. The number of hydrogen-bond acceptors (Lipinski definition) is 3. The number of nitrogens with one attached hydrogen (secondary N) is 1. The summed E-state index contributed by atoms with van der Waals surface area (Å²) in [6.45, 7) is 5.77. The number of amides is 1. The van der Waals surface area contributed by atoms with Crippen molar-refractivity contribution >= 4 is 17.5 Å². The average Bonchev–Trinajstić information content (AvgIpc) is 3.01. The lowest BCUT2D eigenvalue weighted by molar-refractivity contribution is 0.0952. The fourth-order valence-corrected chi connectivity index (χ4v) is 3.14. The van der Waals surface area contributed by atoms with Gasteiger partial charge in [0, 0.05) is 29.4 Å². The van der Waals surface area contributed by atoms with Gasteiger partial charge in [-0.05, 0) is 62.2 Å². The van der Waals surface area contributed by atoms with E-state index in [1.54, 1.807) is 18.2 Å². The zero-order valence-electron chi connectivity index (χ0n) is 16.1. The highest BCUT2D eigenvalue weighted by molar-refractivity contribution is 6.30. The van der Waals surface area contributed by atoms with Crippen LogP contribution in [0, 0.1) is 13.8 Å². The molecule has 0 aliphatic carbocycles. The fourth-order valence-electron chi connectivity index (χ4n) is 2.96. The van der Waals surface area contributed by atoms with Gasteiger partial charge in [0.1, 0.15) is 12.4 Å². The second-order valence-corrected chi connectivity index (χ2v) is 7.14. The molecular weight excluding hydrogens is 374 g/mol. The molecule has 0 bridgehead atoms. The maximum atomic E-state index is 12.4. The highest BCUT2D eigenvalue weighted by Gasteiger charge is 2.07. The van der Waals surface area contributed by atoms with Gasteiger partial charge in [0.15, 0.2) is 0 Å². The molecule has 0 radical (unpaired) electrons. The van der Waals surface area contributed by atoms with Crippen LogP contribution < -0.4 is 10.1 Å². The minimum atomic E-state index is -0.0852. The predicted octanol–water partition coefficient (Wildman–Crippen LogP) is 4.55. The Bertz CT molecular complexity index is 952. The van der Waals surface area contributed by atoms with E-state index < -0.39 is 0 Å². The molecule has 1 N–H and O–H groups in total. The van der Waals surface area contributed by atoms with E-state index in [0.29, 0.717) is 29.5 Å². The third-order valence-corrected chi connectivity index (χ3v) is 4.56. The molecule has 0 saturated carbocycles. The summed E-state index contributed by atoms with van der Waals surface area (Å²) in [5.74, 6) is 0.615. The molecule has 3 aromatic rings. The van der Waals surface area contributed by atoms with Crippen molar-refractivity contribution in [1.29, 1.82) is 0 Å². The van der Waals surface area contributed by atoms with Gasteiger partial charge in [0.2, 0.25) is 0 Å². The van der Waals surface area contributed by atoms with Crippen LogP contribution in [0.3, 0.4) is 0 Å². The molecule has 1 heterocycles. The lowest BCUT2D eigenvalue weighted by atomic mass is 10.1. The van der Waals surface area contributed by atoms with E-state index in [2.05, 4.69) is 16.5 Å². The van der Waals surface area contributed by atoms with Crippen LogP contribution >= 0.6 is 11.6 Å². The topological polar surface area (TPSA) is 56.2 Å². The molecule has 6 heteroatoms. The first-order chi connectivity index (χ1) is 13.5. The van der Waals surface area contributed by atoms with Crippen molar-refractivity contribution in [2.45, 2.75) is 33.4 Å². The molecule has 5 nitrogen and oxygen atoms in total. The summed E-state index contributed by atoms with van der Waals surface area (Å²) in [7, 11) is 0. The van der Waals surface area contributed by atoms with Crippen molar-refractivity contribution in [3.63, 3.8) is 0 Å². The molecule has 0 saturated heterocycles. The third-order valence-electron chi connectivity index (χ3n) is 4.33. The third kappa shape index (κ3) is 5.60. The zero-order chi connectivity index (χ0) is 19.9. The van der Waals surface area contributed by atoms with Crippen molar-refractivity contribution in [2.75, 3.05) is 6.54 Å². The minimum Gasteiger partial charge on any atom is -0.489 e. The highest BCUT2D eigenvalue weighted by Crippen LogP contribution is 2.18. The van der Waals surface area contributed by atoms with Crippen molar-refractivity contribution in [3.05, 3.63) is 82.1 Å². The number of aromatic nitrogens is 2. The lowest BCUT2D eigenvalue weighted by Crippen LogP contribution is -2.25. The highest BCUT2D eigenvalue weighted by atomic mass is 35.5. The first-order valence-electron chi connectivity index (χ1n) is 9.28. The monoisotopic (exact) mass is 397 g/mol. The summed E-state index contributed by atoms with van der Waals surface area (Å²) in [5.41, 5.74) is 3.70. The van der Waals surface area contributed by atoms with Crippen LogP contribution in [-0.2, 0) is 13.2 Å². The van der Waals surface area contributed by atoms with Crippen molar-refractivity contribution in [3.8, 4) is 5.75 Å². The van der Waals surface area contributed by atoms with Crippen LogP contribution in [0.15, 0.2) is 54.6 Å². The van der Waals surface area contributed by atoms with E-state index in [1.807, 2.05) is 48.9 Å². The molecule has 0 fully saturated rings. The van der Waals surface area contributed by atoms with Gasteiger partial charge in [0.05, 0.1) is 5.69 Å². The number of ether oxygens (including phenoxy) is 1. The number of carbonyl (C=O) groups is 1. The second-order valence-electron chi connectivity index (χ2n) is 6.71. The molecule has 0 aliphatic heterocycles. The Labute approximate surface area is 170 Å². The standard InChI is InChI=1S/C22H24ClN3O2/c1-16-12-17(2)26(25-16)11-5-10-24-22(27)19-7-3-6-18(13-19)15-28-21-9-4-8-20(23)14-21/h3-4,6-9,12-14H,5,10-11,15H2,1-2H3,(H,24,27). The summed E-state index contributed by atoms with van der Waals surface area (Å²) in [6.07, 6.45) is 0.825. The number of benzene rings is 2. The maximum absolute atomic E-state index is 12.4. The van der Waals surface area contributed by atoms with E-state index in [1.165, 1.54) is 0 Å². The molecule has 146 valence electrons. The molecule has 0 spiro atoms. The molecule has 0 unspecified atom stereocenters. The Morgan fingerprint density at radius 2 is 1.96 bits per heavy atom. The van der Waals surface area contributed by atoms with Crippen LogP contribution in [0.25, 0.3) is 0 Å². The molecule has 1 aromatic heterocycles. The number of hydrogen-bond donors (Lipinski definition) is 1. The largest absolute Gasteiger partial charge is 0.489 e. The molecule has 0 aliphatic rings. The van der Waals surface area contributed by atoms with Crippen LogP contribution in [-0.4, -0.2) is 22.2 Å². The van der Waals surface area contributed by atoms with E-state index in [-0.39, 0.29) is 5.91 Å². The molecule has 2 aromatic carbocycles. The van der Waals surface area contributed by atoms with Gasteiger partial charge in [0.25, 0.3) is 5.91 Å². The predicted molar refractivity (Wildman–Crippen MR) is 111 cm³/mol. The molecule has 28 heavy (non-hydrogen) atoms. The summed E-state index contributed by atoms with van der Waals surface area (Å²) in [5, 5.41) is 8.03. The molecular formula is C22H24ClN3O2. The van der Waals surface area contributed by atoms with Crippen LogP contribution in [0.2, 0.25) is 5.02 Å². The number of nitrogens with zero attached hydrogens (tertiary/aromatic N) is 2. The minimum absolute atomic E-state index is 0.0852. The Morgan fingerprint density at radius 3 is 2.71 bits per heavy atom. The van der Waals surface area contributed by atoms with E-state index in [4.69, 9.17) is 16.3 Å². The van der Waals surface area contributed by atoms with Crippen LogP contribution in [0.4, 0.5) is 0 Å². The first-order valence-corrected chi connectivity index (χ1v) is 9.65. The smallest absolute Gasteiger partial charge is 0.251 e. The second kappa shape index (κ2) is 9.42. The van der Waals surface area contributed by atoms with Crippen molar-refractivity contribution in [1.82, 2.24) is 15.1 Å². The zero-order valence-corrected chi connectivity index (χ0v) is 16.9. The van der Waals surface area contributed by atoms with Gasteiger partial charge in [-0.25, -0.2) is 0 Å². The number of rotatable bonds is 8. The van der Waals surface area contributed by atoms with Gasteiger partial charge in [-0.1, -0.05) is 29.8 Å². The SMILES string of the molecule is Cc1cc(C)n(CCCNC(=O)c2cccc(COc3cccc(Cl)c3)c2)n1. The normalized spacial score (nSPS) is 10.7. The van der Waals surface area contributed by atoms with Crippen molar-refractivity contribution in [2.24, 2.45) is 0 Å². The van der Waals surface area contributed by atoms with E-state index in [9.17, 15) is 4.79 Å². The summed E-state index contributed by atoms with van der Waals surface area (Å²) < 4.78 is 7.71.